The standard InChI is InChI=1S/C10H15NO2/c1-7-5-9(12-3)10(13-4)6-8(7)11-2/h5-6,11H,1-4H3. The highest BCUT2D eigenvalue weighted by Crippen LogP contribution is 2.32. The van der Waals surface area contributed by atoms with Gasteiger partial charge in [0.1, 0.15) is 0 Å². The highest BCUT2D eigenvalue weighted by molar-refractivity contribution is 5.59. The molecule has 0 radical (unpaired) electrons. The third-order valence-corrected chi connectivity index (χ3v) is 2.00. The zero-order valence-electron chi connectivity index (χ0n) is 8.47. The van der Waals surface area contributed by atoms with Crippen molar-refractivity contribution in [1.29, 1.82) is 0 Å². The van der Waals surface area contributed by atoms with Crippen molar-refractivity contribution >= 4 is 5.69 Å². The molecule has 13 heavy (non-hydrogen) atoms. The highest BCUT2D eigenvalue weighted by Gasteiger charge is 2.06. The summed E-state index contributed by atoms with van der Waals surface area (Å²) in [5.41, 5.74) is 2.19. The molecule has 1 rings (SSSR count). The molecule has 0 fully saturated rings. The molecule has 0 unspecified atom stereocenters. The van der Waals surface area contributed by atoms with Crippen LogP contribution in [0.15, 0.2) is 12.1 Å². The van der Waals surface area contributed by atoms with Crippen LogP contribution in [0.25, 0.3) is 0 Å². The maximum absolute atomic E-state index is 5.17. The molecule has 0 atom stereocenters. The van der Waals surface area contributed by atoms with Crippen LogP contribution in [-0.4, -0.2) is 21.3 Å². The summed E-state index contributed by atoms with van der Waals surface area (Å²) in [4.78, 5) is 0. The lowest BCUT2D eigenvalue weighted by molar-refractivity contribution is 0.355. The lowest BCUT2D eigenvalue weighted by atomic mass is 10.2. The van der Waals surface area contributed by atoms with Crippen LogP contribution in [0, 0.1) is 6.92 Å². The molecular formula is C10H15NO2. The predicted octanol–water partition coefficient (Wildman–Crippen LogP) is 2.05. The quantitative estimate of drug-likeness (QED) is 0.774. The monoisotopic (exact) mass is 181 g/mol. The molecule has 0 aliphatic carbocycles. The van der Waals surface area contributed by atoms with Crippen LogP contribution in [-0.2, 0) is 0 Å². The number of methoxy groups -OCH3 is 2. The summed E-state index contributed by atoms with van der Waals surface area (Å²) in [6.45, 7) is 2.02. The van der Waals surface area contributed by atoms with E-state index in [9.17, 15) is 0 Å². The van der Waals surface area contributed by atoms with Crippen LogP contribution in [0.1, 0.15) is 5.56 Å². The van der Waals surface area contributed by atoms with Crippen molar-refractivity contribution in [2.45, 2.75) is 6.92 Å². The molecule has 72 valence electrons. The second kappa shape index (κ2) is 4.03. The lowest BCUT2D eigenvalue weighted by Gasteiger charge is -2.11. The Hall–Kier alpha value is -1.38. The predicted molar refractivity (Wildman–Crippen MR) is 53.8 cm³/mol. The van der Waals surface area contributed by atoms with Gasteiger partial charge < -0.3 is 14.8 Å². The Labute approximate surface area is 78.7 Å². The van der Waals surface area contributed by atoms with Gasteiger partial charge in [-0.2, -0.15) is 0 Å². The molecule has 0 aromatic heterocycles. The van der Waals surface area contributed by atoms with Crippen molar-refractivity contribution in [1.82, 2.24) is 0 Å². The first-order chi connectivity index (χ1) is 6.22. The van der Waals surface area contributed by atoms with Gasteiger partial charge >= 0.3 is 0 Å². The first kappa shape index (κ1) is 9.71. The van der Waals surface area contributed by atoms with E-state index in [1.165, 1.54) is 0 Å². The van der Waals surface area contributed by atoms with Crippen molar-refractivity contribution in [3.8, 4) is 11.5 Å². The molecule has 0 amide bonds. The number of rotatable bonds is 3. The molecule has 0 saturated carbocycles. The van der Waals surface area contributed by atoms with Crippen molar-refractivity contribution in [2.24, 2.45) is 0 Å². The molecule has 1 N–H and O–H groups in total. The number of anilines is 1. The highest BCUT2D eigenvalue weighted by atomic mass is 16.5. The van der Waals surface area contributed by atoms with E-state index in [1.54, 1.807) is 14.2 Å². The summed E-state index contributed by atoms with van der Waals surface area (Å²) in [6, 6.07) is 3.87. The van der Waals surface area contributed by atoms with Crippen molar-refractivity contribution in [3.63, 3.8) is 0 Å². The summed E-state index contributed by atoms with van der Waals surface area (Å²) in [6.07, 6.45) is 0. The molecule has 0 bridgehead atoms. The summed E-state index contributed by atoms with van der Waals surface area (Å²) in [5.74, 6) is 1.51. The minimum Gasteiger partial charge on any atom is -0.493 e. The molecule has 1 aromatic carbocycles. The van der Waals surface area contributed by atoms with Crippen molar-refractivity contribution in [3.05, 3.63) is 17.7 Å². The molecular weight excluding hydrogens is 166 g/mol. The summed E-state index contributed by atoms with van der Waals surface area (Å²) >= 11 is 0. The van der Waals surface area contributed by atoms with E-state index in [0.29, 0.717) is 0 Å². The average molecular weight is 181 g/mol. The summed E-state index contributed by atoms with van der Waals surface area (Å²) in [5, 5.41) is 3.09. The maximum Gasteiger partial charge on any atom is 0.162 e. The minimum atomic E-state index is 0.748. The Bertz CT molecular complexity index is 297. The fourth-order valence-electron chi connectivity index (χ4n) is 1.25. The van der Waals surface area contributed by atoms with Crippen LogP contribution < -0.4 is 14.8 Å². The largest absolute Gasteiger partial charge is 0.493 e. The minimum absolute atomic E-state index is 0.748. The molecule has 3 heteroatoms. The number of hydrogen-bond acceptors (Lipinski definition) is 3. The van der Waals surface area contributed by atoms with Gasteiger partial charge in [0.05, 0.1) is 14.2 Å². The second-order valence-electron chi connectivity index (χ2n) is 2.77. The number of aryl methyl sites for hydroxylation is 1. The molecule has 0 saturated heterocycles. The zero-order chi connectivity index (χ0) is 9.84. The van der Waals surface area contributed by atoms with E-state index < -0.39 is 0 Å². The Kier molecular flexibility index (Phi) is 3.01. The zero-order valence-corrected chi connectivity index (χ0v) is 8.47. The average Bonchev–Trinajstić information content (AvgIpc) is 2.17. The Morgan fingerprint density at radius 3 is 2.08 bits per heavy atom. The van der Waals surface area contributed by atoms with E-state index in [1.807, 2.05) is 26.1 Å². The van der Waals surface area contributed by atoms with E-state index >= 15 is 0 Å². The van der Waals surface area contributed by atoms with E-state index in [2.05, 4.69) is 5.32 Å². The van der Waals surface area contributed by atoms with Crippen LogP contribution in [0.5, 0.6) is 11.5 Å². The van der Waals surface area contributed by atoms with Gasteiger partial charge in [0.25, 0.3) is 0 Å². The van der Waals surface area contributed by atoms with Gasteiger partial charge in [0.2, 0.25) is 0 Å². The fourth-order valence-corrected chi connectivity index (χ4v) is 1.25. The SMILES string of the molecule is CNc1cc(OC)c(OC)cc1C. The molecule has 0 heterocycles. The van der Waals surface area contributed by atoms with E-state index in [4.69, 9.17) is 9.47 Å². The second-order valence-corrected chi connectivity index (χ2v) is 2.77. The number of nitrogens with one attached hydrogen (secondary N) is 1. The van der Waals surface area contributed by atoms with Crippen LogP contribution >= 0.6 is 0 Å². The first-order valence-electron chi connectivity index (χ1n) is 4.13. The van der Waals surface area contributed by atoms with Crippen LogP contribution in [0.3, 0.4) is 0 Å². The fraction of sp³-hybridized carbons (Fsp3) is 0.400. The third kappa shape index (κ3) is 1.86. The molecule has 1 aromatic rings. The van der Waals surface area contributed by atoms with Gasteiger partial charge in [-0.15, -0.1) is 0 Å². The van der Waals surface area contributed by atoms with Crippen molar-refractivity contribution < 1.29 is 9.47 Å². The van der Waals surface area contributed by atoms with Crippen molar-refractivity contribution in [2.75, 3.05) is 26.6 Å². The van der Waals surface area contributed by atoms with Gasteiger partial charge in [0.15, 0.2) is 11.5 Å². The Morgan fingerprint density at radius 1 is 1.08 bits per heavy atom. The Morgan fingerprint density at radius 2 is 1.62 bits per heavy atom. The topological polar surface area (TPSA) is 30.5 Å². The van der Waals surface area contributed by atoms with Gasteiger partial charge in [-0.05, 0) is 18.6 Å². The molecule has 0 aliphatic rings. The molecule has 0 aliphatic heterocycles. The number of hydrogen-bond donors (Lipinski definition) is 1. The van der Waals surface area contributed by atoms with Gasteiger partial charge in [-0.3, -0.25) is 0 Å². The molecule has 0 spiro atoms. The smallest absolute Gasteiger partial charge is 0.162 e. The van der Waals surface area contributed by atoms with E-state index in [0.717, 1.165) is 22.7 Å². The Balaban J connectivity index is 3.18. The van der Waals surface area contributed by atoms with Crippen LogP contribution in [0.2, 0.25) is 0 Å². The number of benzene rings is 1. The van der Waals surface area contributed by atoms with Crippen LogP contribution in [0.4, 0.5) is 5.69 Å². The molecule has 3 nitrogen and oxygen atoms in total. The maximum atomic E-state index is 5.17. The summed E-state index contributed by atoms with van der Waals surface area (Å²) in [7, 11) is 5.15. The lowest BCUT2D eigenvalue weighted by Crippen LogP contribution is -1.96. The van der Waals surface area contributed by atoms with Gasteiger partial charge in [-0.25, -0.2) is 0 Å². The van der Waals surface area contributed by atoms with Gasteiger partial charge in [0, 0.05) is 18.8 Å². The summed E-state index contributed by atoms with van der Waals surface area (Å²) < 4.78 is 10.3. The number of ether oxygens (including phenoxy) is 2. The van der Waals surface area contributed by atoms with Gasteiger partial charge in [-0.1, -0.05) is 0 Å². The van der Waals surface area contributed by atoms with E-state index in [-0.39, 0.29) is 0 Å². The third-order valence-electron chi connectivity index (χ3n) is 2.00. The first-order valence-corrected chi connectivity index (χ1v) is 4.13. The normalized spacial score (nSPS) is 9.54.